The minimum absolute atomic E-state index is 0.0820. The smallest absolute Gasteiger partial charge is 0.227 e. The Morgan fingerprint density at radius 3 is 2.39 bits per heavy atom. The molecule has 0 aliphatic rings. The molecule has 0 radical (unpaired) electrons. The van der Waals surface area contributed by atoms with Gasteiger partial charge in [0, 0.05) is 0 Å². The lowest BCUT2D eigenvalue weighted by Crippen LogP contribution is -1.91. The molecule has 90 valence electrons. The molecular weight excluding hydrogens is 311 g/mol. The van der Waals surface area contributed by atoms with E-state index >= 15 is 0 Å². The lowest BCUT2D eigenvalue weighted by atomic mass is 10.3. The third-order valence-electron chi connectivity index (χ3n) is 2.01. The minimum atomic E-state index is 0.0820. The van der Waals surface area contributed by atoms with Crippen LogP contribution in [0.1, 0.15) is 0 Å². The fraction of sp³-hybridized carbons (Fsp3) is 0. The molecule has 2 heterocycles. The maximum atomic E-state index is 5.72. The summed E-state index contributed by atoms with van der Waals surface area (Å²) < 4.78 is 1.96. The van der Waals surface area contributed by atoms with E-state index < -0.39 is 0 Å². The first-order chi connectivity index (χ1) is 8.70. The summed E-state index contributed by atoms with van der Waals surface area (Å²) in [6.07, 6.45) is 0. The number of nitrogens with zero attached hydrogens (tertiary/aromatic N) is 4. The van der Waals surface area contributed by atoms with Crippen LogP contribution in [0, 0.1) is 0 Å². The Bertz CT molecular complexity index is 663. The van der Waals surface area contributed by atoms with Crippen molar-refractivity contribution >= 4 is 56.5 Å². The molecule has 4 nitrogen and oxygen atoms in total. The summed E-state index contributed by atoms with van der Waals surface area (Å²) >= 11 is 14.3. The molecule has 0 saturated carbocycles. The molecule has 0 saturated heterocycles. The van der Waals surface area contributed by atoms with E-state index in [1.165, 1.54) is 11.8 Å². The molecule has 3 aromatic rings. The average Bonchev–Trinajstić information content (AvgIpc) is 2.69. The van der Waals surface area contributed by atoms with E-state index in [1.807, 2.05) is 24.3 Å². The van der Waals surface area contributed by atoms with Gasteiger partial charge in [0.05, 0.1) is 10.2 Å². The van der Waals surface area contributed by atoms with E-state index in [4.69, 9.17) is 23.2 Å². The quantitative estimate of drug-likeness (QED) is 0.717. The standard InChI is InChI=1S/C10H4Cl2N4S2/c11-7-14-8(12)16-9(15-7)18-10-13-5-3-1-2-4-6(5)17-10/h1-4H. The first kappa shape index (κ1) is 12.1. The summed E-state index contributed by atoms with van der Waals surface area (Å²) in [7, 11) is 0. The highest BCUT2D eigenvalue weighted by molar-refractivity contribution is 8.01. The van der Waals surface area contributed by atoms with Gasteiger partial charge in [0.25, 0.3) is 0 Å². The number of hydrogen-bond donors (Lipinski definition) is 0. The average molecular weight is 315 g/mol. The van der Waals surface area contributed by atoms with E-state index in [-0.39, 0.29) is 10.6 Å². The number of para-hydroxylation sites is 1. The van der Waals surface area contributed by atoms with Gasteiger partial charge in [-0.2, -0.15) is 15.0 Å². The summed E-state index contributed by atoms with van der Waals surface area (Å²) in [5, 5.41) is 0.608. The Balaban J connectivity index is 1.96. The molecule has 0 amide bonds. The van der Waals surface area contributed by atoms with Gasteiger partial charge >= 0.3 is 0 Å². The summed E-state index contributed by atoms with van der Waals surface area (Å²) in [6, 6.07) is 7.91. The molecule has 0 N–H and O–H groups in total. The molecule has 8 heteroatoms. The molecule has 0 aliphatic carbocycles. The summed E-state index contributed by atoms with van der Waals surface area (Å²) in [4.78, 5) is 16.1. The maximum Gasteiger partial charge on any atom is 0.227 e. The third kappa shape index (κ3) is 2.56. The van der Waals surface area contributed by atoms with Gasteiger partial charge in [-0.15, -0.1) is 11.3 Å². The zero-order chi connectivity index (χ0) is 12.5. The van der Waals surface area contributed by atoms with Crippen molar-refractivity contribution in [3.8, 4) is 0 Å². The highest BCUT2D eigenvalue weighted by Crippen LogP contribution is 2.32. The van der Waals surface area contributed by atoms with Crippen LogP contribution in [0.25, 0.3) is 10.2 Å². The Morgan fingerprint density at radius 1 is 0.944 bits per heavy atom. The predicted molar refractivity (Wildman–Crippen MR) is 73.6 cm³/mol. The van der Waals surface area contributed by atoms with Crippen molar-refractivity contribution in [1.29, 1.82) is 0 Å². The van der Waals surface area contributed by atoms with Gasteiger partial charge in [0.1, 0.15) is 0 Å². The third-order valence-corrected chi connectivity index (χ3v) is 4.31. The highest BCUT2D eigenvalue weighted by Gasteiger charge is 2.09. The monoisotopic (exact) mass is 314 g/mol. The molecule has 0 atom stereocenters. The second kappa shape index (κ2) is 4.97. The van der Waals surface area contributed by atoms with Crippen molar-refractivity contribution in [3.63, 3.8) is 0 Å². The zero-order valence-electron chi connectivity index (χ0n) is 8.67. The largest absolute Gasteiger partial charge is 0.229 e. The van der Waals surface area contributed by atoms with Gasteiger partial charge in [0.2, 0.25) is 10.6 Å². The van der Waals surface area contributed by atoms with Crippen LogP contribution in [0.5, 0.6) is 0 Å². The summed E-state index contributed by atoms with van der Waals surface area (Å²) in [5.41, 5.74) is 0.955. The molecule has 3 rings (SSSR count). The number of rotatable bonds is 2. The van der Waals surface area contributed by atoms with E-state index in [9.17, 15) is 0 Å². The van der Waals surface area contributed by atoms with Gasteiger partial charge in [0.15, 0.2) is 9.50 Å². The zero-order valence-corrected chi connectivity index (χ0v) is 11.8. The number of benzene rings is 1. The topological polar surface area (TPSA) is 51.6 Å². The number of fused-ring (bicyclic) bond motifs is 1. The highest BCUT2D eigenvalue weighted by atomic mass is 35.5. The van der Waals surface area contributed by atoms with Gasteiger partial charge in [-0.3, -0.25) is 0 Å². The lowest BCUT2D eigenvalue weighted by Gasteiger charge is -1.96. The van der Waals surface area contributed by atoms with Crippen LogP contribution in [-0.2, 0) is 0 Å². The fourth-order valence-corrected chi connectivity index (χ4v) is 3.71. The van der Waals surface area contributed by atoms with Crippen molar-refractivity contribution in [1.82, 2.24) is 19.9 Å². The Kier molecular flexibility index (Phi) is 3.34. The first-order valence-electron chi connectivity index (χ1n) is 4.81. The molecule has 0 unspecified atom stereocenters. The van der Waals surface area contributed by atoms with Crippen LogP contribution in [0.3, 0.4) is 0 Å². The van der Waals surface area contributed by atoms with Crippen molar-refractivity contribution in [2.75, 3.05) is 0 Å². The van der Waals surface area contributed by atoms with Crippen LogP contribution in [0.4, 0.5) is 0 Å². The van der Waals surface area contributed by atoms with Gasteiger partial charge in [-0.05, 0) is 47.1 Å². The molecule has 0 bridgehead atoms. The molecule has 18 heavy (non-hydrogen) atoms. The lowest BCUT2D eigenvalue weighted by molar-refractivity contribution is 0.903. The van der Waals surface area contributed by atoms with Gasteiger partial charge in [-0.1, -0.05) is 12.1 Å². The van der Waals surface area contributed by atoms with Crippen molar-refractivity contribution in [3.05, 3.63) is 34.8 Å². The molecule has 2 aromatic heterocycles. The number of thiazole rings is 1. The van der Waals surface area contributed by atoms with E-state index in [0.29, 0.717) is 5.16 Å². The number of halogens is 2. The minimum Gasteiger partial charge on any atom is -0.229 e. The van der Waals surface area contributed by atoms with Crippen LogP contribution in [0.15, 0.2) is 33.8 Å². The summed E-state index contributed by atoms with van der Waals surface area (Å²) in [5.74, 6) is 0. The van der Waals surface area contributed by atoms with Crippen molar-refractivity contribution < 1.29 is 0 Å². The summed E-state index contributed by atoms with van der Waals surface area (Å²) in [6.45, 7) is 0. The second-order valence-electron chi connectivity index (χ2n) is 3.21. The Hall–Kier alpha value is -0.950. The fourth-order valence-electron chi connectivity index (χ4n) is 1.33. The van der Waals surface area contributed by atoms with Crippen molar-refractivity contribution in [2.24, 2.45) is 0 Å². The molecule has 0 fully saturated rings. The molecule has 0 spiro atoms. The molecular formula is C10H4Cl2N4S2. The van der Waals surface area contributed by atoms with Crippen LogP contribution < -0.4 is 0 Å². The van der Waals surface area contributed by atoms with Gasteiger partial charge in [-0.25, -0.2) is 4.98 Å². The van der Waals surface area contributed by atoms with Crippen molar-refractivity contribution in [2.45, 2.75) is 9.50 Å². The van der Waals surface area contributed by atoms with E-state index in [1.54, 1.807) is 11.3 Å². The van der Waals surface area contributed by atoms with E-state index in [0.717, 1.165) is 14.6 Å². The van der Waals surface area contributed by atoms with Crippen LogP contribution in [0.2, 0.25) is 10.6 Å². The first-order valence-corrected chi connectivity index (χ1v) is 7.20. The van der Waals surface area contributed by atoms with Crippen LogP contribution in [-0.4, -0.2) is 19.9 Å². The molecule has 1 aromatic carbocycles. The maximum absolute atomic E-state index is 5.72. The predicted octanol–water partition coefficient (Wildman–Crippen LogP) is 3.94. The molecule has 0 aliphatic heterocycles. The number of hydrogen-bond acceptors (Lipinski definition) is 6. The SMILES string of the molecule is Clc1nc(Cl)nc(Sc2nc3ccccc3s2)n1. The van der Waals surface area contributed by atoms with Crippen LogP contribution >= 0.6 is 46.3 Å². The second-order valence-corrected chi connectivity index (χ2v) is 6.13. The Morgan fingerprint density at radius 2 is 1.67 bits per heavy atom. The number of aromatic nitrogens is 4. The normalized spacial score (nSPS) is 11.0. The Labute approximate surface area is 120 Å². The van der Waals surface area contributed by atoms with Gasteiger partial charge < -0.3 is 0 Å². The van der Waals surface area contributed by atoms with E-state index in [2.05, 4.69) is 19.9 Å².